The Kier molecular flexibility index (Phi) is 10.6. The number of hydrogen-bond acceptors (Lipinski definition) is 3. The Hall–Kier alpha value is -3.19. The predicted molar refractivity (Wildman–Crippen MR) is 110 cm³/mol. The van der Waals surface area contributed by atoms with Crippen molar-refractivity contribution in [1.29, 1.82) is 0 Å². The normalized spacial score (nSPS) is 11.5. The van der Waals surface area contributed by atoms with Crippen molar-refractivity contribution in [2.75, 3.05) is 0 Å². The average molecular weight is 705 g/mol. The minimum atomic E-state index is -4.91. The number of nitrogens with zero attached hydrogens (tertiary/aromatic N) is 4. The minimum Gasteiger partial charge on any atom is -0.573 e. The molecule has 0 unspecified atom stereocenters. The van der Waals surface area contributed by atoms with E-state index in [1.165, 1.54) is 30.6 Å². The standard InChI is InChI=1S/C13H6F6N.C9H5F3N3.B.Ir/c14-12(15,16)9-5-8(11-3-1-2-4-20-11)6-10(7-9)13(17,18)19;10-9(11,12)8-5-7(14-15-8)6-3-1-2-4-13-6;;/h1-5,7H;1-5H;;/q2*-1;;. The topological polar surface area (TPSA) is 52.8 Å². The van der Waals surface area contributed by atoms with Gasteiger partial charge >= 0.3 is 18.5 Å². The molecular weight excluding hydrogens is 694 g/mol. The Balaban J connectivity index is 0.000000363. The molecule has 0 aliphatic carbocycles. The zero-order valence-corrected chi connectivity index (χ0v) is 20.3. The van der Waals surface area contributed by atoms with Gasteiger partial charge in [-0.05, 0) is 41.1 Å². The molecule has 0 fully saturated rings. The van der Waals surface area contributed by atoms with E-state index >= 15 is 0 Å². The SMILES string of the molecule is FC(F)(F)c1[c-]c(-c2ccccn2)cc(C(F)(F)F)c1.FC(F)(F)c1cc(-c2ccccn2)[n-]n1.[B].[Ir]. The van der Waals surface area contributed by atoms with Crippen molar-refractivity contribution < 1.29 is 59.6 Å². The molecule has 4 nitrogen and oxygen atoms in total. The largest absolute Gasteiger partial charge is 0.573 e. The first kappa shape index (κ1) is 31.8. The zero-order chi connectivity index (χ0) is 25.9. The van der Waals surface area contributed by atoms with Crippen LogP contribution in [0, 0.1) is 6.07 Å². The third-order valence-electron chi connectivity index (χ3n) is 4.20. The van der Waals surface area contributed by atoms with Gasteiger partial charge in [-0.2, -0.15) is 39.5 Å². The minimum absolute atomic E-state index is 0. The molecule has 4 radical (unpaired) electrons. The second-order valence-electron chi connectivity index (χ2n) is 6.73. The summed E-state index contributed by atoms with van der Waals surface area (Å²) in [5.41, 5.74) is -3.72. The van der Waals surface area contributed by atoms with Gasteiger partial charge in [-0.1, -0.05) is 23.9 Å². The number of benzene rings is 1. The van der Waals surface area contributed by atoms with E-state index in [1.54, 1.807) is 18.2 Å². The van der Waals surface area contributed by atoms with Crippen molar-refractivity contribution >= 4 is 8.41 Å². The third-order valence-corrected chi connectivity index (χ3v) is 4.20. The van der Waals surface area contributed by atoms with Gasteiger partial charge in [-0.3, -0.25) is 4.98 Å². The summed E-state index contributed by atoms with van der Waals surface area (Å²) in [6.45, 7) is 0. The molecule has 0 N–H and O–H groups in total. The first-order chi connectivity index (χ1) is 16.2. The Bertz CT molecular complexity index is 1230. The quantitative estimate of drug-likeness (QED) is 0.139. The molecule has 3 aromatic heterocycles. The maximum absolute atomic E-state index is 12.7. The van der Waals surface area contributed by atoms with E-state index in [1.807, 2.05) is 6.07 Å². The Morgan fingerprint density at radius 1 is 0.676 bits per heavy atom. The van der Waals surface area contributed by atoms with Gasteiger partial charge in [0.15, 0.2) is 0 Å². The third kappa shape index (κ3) is 8.71. The molecule has 0 spiro atoms. The van der Waals surface area contributed by atoms with Gasteiger partial charge in [0.25, 0.3) is 0 Å². The Labute approximate surface area is 219 Å². The summed E-state index contributed by atoms with van der Waals surface area (Å²) in [6, 6.07) is 12.6. The van der Waals surface area contributed by atoms with Crippen LogP contribution in [-0.2, 0) is 38.6 Å². The number of hydrogen-bond donors (Lipinski definition) is 0. The van der Waals surface area contributed by atoms with Crippen molar-refractivity contribution in [3.05, 3.63) is 89.9 Å². The van der Waals surface area contributed by atoms with E-state index in [0.29, 0.717) is 11.8 Å². The van der Waals surface area contributed by atoms with E-state index in [2.05, 4.69) is 20.2 Å². The summed E-state index contributed by atoms with van der Waals surface area (Å²) in [5.74, 6) is 0. The van der Waals surface area contributed by atoms with Gasteiger partial charge in [0, 0.05) is 46.6 Å². The monoisotopic (exact) mass is 706 g/mol. The molecule has 37 heavy (non-hydrogen) atoms. The van der Waals surface area contributed by atoms with Crippen LogP contribution in [0.1, 0.15) is 16.8 Å². The molecule has 196 valence electrons. The van der Waals surface area contributed by atoms with Gasteiger partial charge in [0.05, 0.1) is 0 Å². The molecule has 0 aliphatic heterocycles. The van der Waals surface area contributed by atoms with Crippen LogP contribution in [0.2, 0.25) is 0 Å². The van der Waals surface area contributed by atoms with Gasteiger partial charge in [-0.25, -0.2) is 0 Å². The first-order valence-electron chi connectivity index (χ1n) is 9.37. The average Bonchev–Trinajstić information content (AvgIpc) is 3.30. The molecule has 0 aliphatic rings. The number of halogens is 9. The van der Waals surface area contributed by atoms with Crippen molar-refractivity contribution in [3.8, 4) is 22.6 Å². The fourth-order valence-corrected chi connectivity index (χ4v) is 2.62. The van der Waals surface area contributed by atoms with E-state index in [9.17, 15) is 39.5 Å². The van der Waals surface area contributed by atoms with Gasteiger partial charge in [-0.15, -0.1) is 23.8 Å². The molecular formula is C22H11BF9IrN4-2. The molecule has 15 heteroatoms. The fourth-order valence-electron chi connectivity index (χ4n) is 2.62. The van der Waals surface area contributed by atoms with Crippen molar-refractivity contribution in [2.24, 2.45) is 0 Å². The maximum atomic E-state index is 12.7. The van der Waals surface area contributed by atoms with Crippen LogP contribution in [-0.4, -0.2) is 23.5 Å². The van der Waals surface area contributed by atoms with E-state index < -0.39 is 35.3 Å². The van der Waals surface area contributed by atoms with Crippen LogP contribution < -0.4 is 5.10 Å². The second kappa shape index (κ2) is 12.4. The molecule has 0 saturated carbocycles. The van der Waals surface area contributed by atoms with Crippen molar-refractivity contribution in [3.63, 3.8) is 0 Å². The smallest absolute Gasteiger partial charge is 0.431 e. The van der Waals surface area contributed by atoms with Gasteiger partial charge in [0.2, 0.25) is 0 Å². The molecule has 4 aromatic rings. The van der Waals surface area contributed by atoms with E-state index in [4.69, 9.17) is 0 Å². The zero-order valence-electron chi connectivity index (χ0n) is 18.0. The van der Waals surface area contributed by atoms with Gasteiger partial charge in [0.1, 0.15) is 5.69 Å². The molecule has 1 aromatic carbocycles. The molecule has 3 heterocycles. The fraction of sp³-hybridized carbons (Fsp3) is 0.136. The van der Waals surface area contributed by atoms with Crippen LogP contribution in [0.4, 0.5) is 39.5 Å². The number of alkyl halides is 9. The molecule has 0 saturated heterocycles. The summed E-state index contributed by atoms with van der Waals surface area (Å²) in [5, 5.41) is 6.47. The number of pyridine rings is 2. The van der Waals surface area contributed by atoms with Gasteiger partial charge < -0.3 is 15.2 Å². The Morgan fingerprint density at radius 3 is 1.68 bits per heavy atom. The van der Waals surface area contributed by atoms with Crippen molar-refractivity contribution in [1.82, 2.24) is 20.2 Å². The predicted octanol–water partition coefficient (Wildman–Crippen LogP) is 6.32. The summed E-state index contributed by atoms with van der Waals surface area (Å²) in [4.78, 5) is 7.60. The van der Waals surface area contributed by atoms with Crippen LogP contribution in [0.15, 0.2) is 67.0 Å². The first-order valence-corrected chi connectivity index (χ1v) is 9.37. The van der Waals surface area contributed by atoms with Crippen LogP contribution in [0.5, 0.6) is 0 Å². The van der Waals surface area contributed by atoms with Crippen LogP contribution in [0.25, 0.3) is 22.6 Å². The van der Waals surface area contributed by atoms with Crippen LogP contribution in [0.3, 0.4) is 0 Å². The molecule has 0 amide bonds. The van der Waals surface area contributed by atoms with E-state index in [0.717, 1.165) is 6.07 Å². The molecule has 0 bridgehead atoms. The number of aromatic nitrogens is 4. The number of rotatable bonds is 2. The summed E-state index contributed by atoms with van der Waals surface area (Å²) < 4.78 is 112. The maximum Gasteiger partial charge on any atom is 0.431 e. The molecule has 4 rings (SSSR count). The second-order valence-corrected chi connectivity index (χ2v) is 6.73. The summed E-state index contributed by atoms with van der Waals surface area (Å²) in [6.07, 6.45) is -11.5. The van der Waals surface area contributed by atoms with Crippen molar-refractivity contribution in [2.45, 2.75) is 18.5 Å². The Morgan fingerprint density at radius 2 is 1.24 bits per heavy atom. The van der Waals surface area contributed by atoms with Crippen LogP contribution >= 0.6 is 0 Å². The molecule has 0 atom stereocenters. The summed E-state index contributed by atoms with van der Waals surface area (Å²) >= 11 is 0. The van der Waals surface area contributed by atoms with E-state index in [-0.39, 0.29) is 51.5 Å². The summed E-state index contributed by atoms with van der Waals surface area (Å²) in [7, 11) is 0.